The van der Waals surface area contributed by atoms with Crippen LogP contribution in [-0.2, 0) is 0 Å². The zero-order valence-corrected chi connectivity index (χ0v) is 8.32. The molecule has 0 aliphatic heterocycles. The maximum atomic E-state index is 11.3. The Hall–Kier alpha value is -2.79. The smallest absolute Gasteiger partial charge is 0.351 e. The summed E-state index contributed by atoms with van der Waals surface area (Å²) in [5.41, 5.74) is 7.44. The topological polar surface area (TPSA) is 116 Å². The lowest BCUT2D eigenvalue weighted by Gasteiger charge is -1.99. The van der Waals surface area contributed by atoms with Gasteiger partial charge in [-0.05, 0) is 29.8 Å². The molecule has 1 heterocycles. The number of azide groups is 1. The highest BCUT2D eigenvalue weighted by atomic mass is 16.4. The fourth-order valence-corrected chi connectivity index (χ4v) is 1.37. The first-order valence-electron chi connectivity index (χ1n) is 4.48. The van der Waals surface area contributed by atoms with E-state index in [2.05, 4.69) is 10.0 Å². The minimum absolute atomic E-state index is 0.233. The molecule has 7 heteroatoms. The Labute approximate surface area is 93.5 Å². The van der Waals surface area contributed by atoms with Crippen LogP contribution in [0.5, 0.6) is 0 Å². The number of rotatable bonds is 2. The van der Waals surface area contributed by atoms with Crippen LogP contribution in [0.1, 0.15) is 10.4 Å². The summed E-state index contributed by atoms with van der Waals surface area (Å²) in [6.45, 7) is 0. The molecular weight excluding hydrogens is 226 g/mol. The zero-order valence-electron chi connectivity index (χ0n) is 8.32. The zero-order chi connectivity index (χ0) is 12.4. The van der Waals surface area contributed by atoms with Gasteiger partial charge in [-0.2, -0.15) is 0 Å². The van der Waals surface area contributed by atoms with Gasteiger partial charge in [-0.3, -0.25) is 0 Å². The molecule has 0 bridgehead atoms. The summed E-state index contributed by atoms with van der Waals surface area (Å²) < 4.78 is 4.82. The molecule has 84 valence electrons. The number of hydrogen-bond acceptors (Lipinski definition) is 4. The molecule has 2 aromatic rings. The number of carboxylic acids is 1. The van der Waals surface area contributed by atoms with Crippen molar-refractivity contribution in [1.82, 2.24) is 0 Å². The molecule has 17 heavy (non-hydrogen) atoms. The van der Waals surface area contributed by atoms with E-state index in [4.69, 9.17) is 15.1 Å². The molecule has 0 saturated heterocycles. The normalized spacial score (nSPS) is 9.88. The second kappa shape index (κ2) is 3.99. The molecule has 1 aromatic heterocycles. The van der Waals surface area contributed by atoms with Crippen LogP contribution >= 0.6 is 0 Å². The average Bonchev–Trinajstić information content (AvgIpc) is 2.28. The molecule has 1 aromatic carbocycles. The molecule has 0 fully saturated rings. The molecule has 1 N–H and O–H groups in total. The summed E-state index contributed by atoms with van der Waals surface area (Å²) in [6, 6.07) is 5.52. The molecular formula is C10H5N3O4. The van der Waals surface area contributed by atoms with Crippen LogP contribution in [0.3, 0.4) is 0 Å². The number of nitrogens with zero attached hydrogens (tertiary/aromatic N) is 3. The van der Waals surface area contributed by atoms with E-state index in [-0.39, 0.29) is 5.58 Å². The Kier molecular flexibility index (Phi) is 2.52. The van der Waals surface area contributed by atoms with Gasteiger partial charge in [0, 0.05) is 16.0 Å². The third-order valence-corrected chi connectivity index (χ3v) is 2.11. The highest BCUT2D eigenvalue weighted by Crippen LogP contribution is 2.21. The third-order valence-electron chi connectivity index (χ3n) is 2.11. The van der Waals surface area contributed by atoms with Gasteiger partial charge in [0.15, 0.2) is 0 Å². The summed E-state index contributed by atoms with van der Waals surface area (Å²) in [5.74, 6) is -1.37. The van der Waals surface area contributed by atoms with E-state index in [0.29, 0.717) is 11.1 Å². The summed E-state index contributed by atoms with van der Waals surface area (Å²) in [7, 11) is 0. The minimum Gasteiger partial charge on any atom is -0.477 e. The van der Waals surface area contributed by atoms with Crippen LogP contribution < -0.4 is 5.63 Å². The first-order chi connectivity index (χ1) is 8.11. The molecule has 2 rings (SSSR count). The Bertz CT molecular complexity index is 713. The van der Waals surface area contributed by atoms with Gasteiger partial charge >= 0.3 is 11.6 Å². The van der Waals surface area contributed by atoms with E-state index in [0.717, 1.165) is 0 Å². The lowest BCUT2D eigenvalue weighted by Crippen LogP contribution is -2.12. The number of fused-ring (bicyclic) bond motifs is 1. The van der Waals surface area contributed by atoms with Gasteiger partial charge < -0.3 is 9.52 Å². The molecule has 0 atom stereocenters. The van der Waals surface area contributed by atoms with Crippen molar-refractivity contribution in [1.29, 1.82) is 0 Å². The molecule has 0 amide bonds. The summed E-state index contributed by atoms with van der Waals surface area (Å²) in [6.07, 6.45) is 0. The van der Waals surface area contributed by atoms with Crippen LogP contribution in [0.25, 0.3) is 21.4 Å². The van der Waals surface area contributed by atoms with E-state index in [1.165, 1.54) is 24.3 Å². The fraction of sp³-hybridized carbons (Fsp3) is 0. The summed E-state index contributed by atoms with van der Waals surface area (Å²) in [4.78, 5) is 24.6. The van der Waals surface area contributed by atoms with Gasteiger partial charge in [0.05, 0.1) is 0 Å². The quantitative estimate of drug-likeness (QED) is 0.369. The van der Waals surface area contributed by atoms with E-state index in [1.807, 2.05) is 0 Å². The van der Waals surface area contributed by atoms with Crippen molar-refractivity contribution in [3.05, 3.63) is 50.7 Å². The van der Waals surface area contributed by atoms with E-state index < -0.39 is 17.2 Å². The van der Waals surface area contributed by atoms with Crippen molar-refractivity contribution in [3.63, 3.8) is 0 Å². The van der Waals surface area contributed by atoms with Gasteiger partial charge in [-0.15, -0.1) is 0 Å². The highest BCUT2D eigenvalue weighted by Gasteiger charge is 2.11. The van der Waals surface area contributed by atoms with Gasteiger partial charge in [0.2, 0.25) is 0 Å². The Balaban J connectivity index is 2.76. The van der Waals surface area contributed by atoms with Crippen LogP contribution in [0.15, 0.2) is 38.6 Å². The third kappa shape index (κ3) is 1.95. The van der Waals surface area contributed by atoms with E-state index in [9.17, 15) is 9.59 Å². The number of hydrogen-bond donors (Lipinski definition) is 1. The monoisotopic (exact) mass is 231 g/mol. The van der Waals surface area contributed by atoms with Crippen LogP contribution in [0, 0.1) is 0 Å². The average molecular weight is 231 g/mol. The van der Waals surface area contributed by atoms with E-state index >= 15 is 0 Å². The maximum Gasteiger partial charge on any atom is 0.351 e. The second-order valence-corrected chi connectivity index (χ2v) is 3.16. The predicted octanol–water partition coefficient (Wildman–Crippen LogP) is 2.43. The lowest BCUT2D eigenvalue weighted by atomic mass is 10.1. The van der Waals surface area contributed by atoms with Crippen molar-refractivity contribution in [2.45, 2.75) is 0 Å². The molecule has 7 nitrogen and oxygen atoms in total. The second-order valence-electron chi connectivity index (χ2n) is 3.16. The SMILES string of the molecule is [N-]=[N+]=Nc1ccc2oc(=O)c(C(=O)O)cc2c1. The number of benzene rings is 1. The fourth-order valence-electron chi connectivity index (χ4n) is 1.37. The first-order valence-corrected chi connectivity index (χ1v) is 4.48. The van der Waals surface area contributed by atoms with Crippen molar-refractivity contribution in [2.75, 3.05) is 0 Å². The maximum absolute atomic E-state index is 11.3. The number of aromatic carboxylic acids is 1. The number of carbonyl (C=O) groups is 1. The van der Waals surface area contributed by atoms with E-state index in [1.54, 1.807) is 0 Å². The first kappa shape index (κ1) is 10.7. The van der Waals surface area contributed by atoms with Gasteiger partial charge in [-0.1, -0.05) is 5.11 Å². The van der Waals surface area contributed by atoms with Crippen LogP contribution in [0.4, 0.5) is 5.69 Å². The molecule has 0 saturated carbocycles. The highest BCUT2D eigenvalue weighted by molar-refractivity contribution is 5.92. The Morgan fingerprint density at radius 2 is 2.18 bits per heavy atom. The lowest BCUT2D eigenvalue weighted by molar-refractivity contribution is 0.0692. The van der Waals surface area contributed by atoms with Gasteiger partial charge in [0.25, 0.3) is 0 Å². The Morgan fingerprint density at radius 1 is 1.41 bits per heavy atom. The largest absolute Gasteiger partial charge is 0.477 e. The van der Waals surface area contributed by atoms with Crippen molar-refractivity contribution < 1.29 is 14.3 Å². The van der Waals surface area contributed by atoms with Crippen molar-refractivity contribution in [2.24, 2.45) is 5.11 Å². The minimum atomic E-state index is -1.37. The van der Waals surface area contributed by atoms with Crippen molar-refractivity contribution in [3.8, 4) is 0 Å². The summed E-state index contributed by atoms with van der Waals surface area (Å²) in [5, 5.41) is 12.5. The molecule has 0 unspecified atom stereocenters. The molecule has 0 spiro atoms. The predicted molar refractivity (Wildman–Crippen MR) is 58.2 cm³/mol. The standard InChI is InChI=1S/C10H5N3O4/c11-13-12-6-1-2-8-5(3-6)4-7(9(14)15)10(16)17-8/h1-4H,(H,14,15). The van der Waals surface area contributed by atoms with Crippen molar-refractivity contribution >= 4 is 22.6 Å². The molecule has 0 aliphatic rings. The van der Waals surface area contributed by atoms with Crippen LogP contribution in [-0.4, -0.2) is 11.1 Å². The van der Waals surface area contributed by atoms with Crippen LogP contribution in [0.2, 0.25) is 0 Å². The molecule has 0 aliphatic carbocycles. The Morgan fingerprint density at radius 3 is 2.82 bits per heavy atom. The molecule has 0 radical (unpaired) electrons. The summed E-state index contributed by atoms with van der Waals surface area (Å²) >= 11 is 0. The van der Waals surface area contributed by atoms with Gasteiger partial charge in [0.1, 0.15) is 11.1 Å². The number of carboxylic acid groups (broad SMARTS) is 1. The van der Waals surface area contributed by atoms with Gasteiger partial charge in [-0.25, -0.2) is 9.59 Å².